The largest absolute Gasteiger partial charge is 0.481 e. The van der Waals surface area contributed by atoms with Crippen LogP contribution in [0.4, 0.5) is 0 Å². The molecule has 0 saturated carbocycles. The smallest absolute Gasteiger partial charge is 0.326 e. The normalized spacial score (nSPS) is 9.62. The minimum absolute atomic E-state index is 0.945. The first-order chi connectivity index (χ1) is 7.31. The van der Waals surface area contributed by atoms with E-state index in [1.165, 1.54) is 0 Å². The van der Waals surface area contributed by atoms with Gasteiger partial charge in [-0.15, -0.1) is 0 Å². The Morgan fingerprint density at radius 2 is 1.25 bits per heavy atom. The Balaban J connectivity index is 3.94. The van der Waals surface area contributed by atoms with Crippen molar-refractivity contribution in [3.63, 3.8) is 0 Å². The second-order valence-corrected chi connectivity index (χ2v) is 2.75. The number of carboxylic acids is 2. The Bertz CT molecular complexity index is 282. The van der Waals surface area contributed by atoms with Gasteiger partial charge in [0.05, 0.1) is 0 Å². The standard InChI is InChI=1S/C7H7ClO8/c8-7(15-5(13)1-3(9)10)16-6(14)2-4(11)12/h7H,1-2H2,(H,9,10)(H,11,12). The number of halogens is 1. The van der Waals surface area contributed by atoms with Crippen LogP contribution in [0.25, 0.3) is 0 Å². The van der Waals surface area contributed by atoms with Crippen molar-refractivity contribution < 1.29 is 38.9 Å². The maximum Gasteiger partial charge on any atom is 0.326 e. The van der Waals surface area contributed by atoms with Gasteiger partial charge < -0.3 is 19.7 Å². The fourth-order valence-electron chi connectivity index (χ4n) is 0.561. The molecule has 0 aromatic carbocycles. The molecule has 0 heterocycles. The van der Waals surface area contributed by atoms with Gasteiger partial charge in [0.25, 0.3) is 0 Å². The molecule has 8 nitrogen and oxygen atoms in total. The molecule has 0 aromatic heterocycles. The van der Waals surface area contributed by atoms with Crippen LogP contribution < -0.4 is 0 Å². The van der Waals surface area contributed by atoms with Crippen LogP contribution in [0.5, 0.6) is 0 Å². The summed E-state index contributed by atoms with van der Waals surface area (Å²) < 4.78 is 8.25. The third-order valence-electron chi connectivity index (χ3n) is 1.04. The molecule has 0 amide bonds. The zero-order valence-electron chi connectivity index (χ0n) is 7.71. The number of esters is 2. The number of carboxylic acid groups (broad SMARTS) is 2. The van der Waals surface area contributed by atoms with E-state index >= 15 is 0 Å². The minimum Gasteiger partial charge on any atom is -0.481 e. The number of rotatable bonds is 6. The van der Waals surface area contributed by atoms with Crippen LogP contribution in [0.3, 0.4) is 0 Å². The van der Waals surface area contributed by atoms with Gasteiger partial charge >= 0.3 is 29.6 Å². The van der Waals surface area contributed by atoms with Gasteiger partial charge in [0.1, 0.15) is 12.8 Å². The molecule has 90 valence electrons. The third kappa shape index (κ3) is 7.56. The third-order valence-corrected chi connectivity index (χ3v) is 1.22. The summed E-state index contributed by atoms with van der Waals surface area (Å²) in [6, 6.07) is 0. The number of aliphatic carboxylic acids is 2. The predicted octanol–water partition coefficient (Wildman–Crippen LogP) is -0.455. The molecular formula is C7H7ClO8. The molecule has 16 heavy (non-hydrogen) atoms. The van der Waals surface area contributed by atoms with E-state index in [0.29, 0.717) is 0 Å². The number of hydrogen-bond donors (Lipinski definition) is 2. The van der Waals surface area contributed by atoms with Crippen molar-refractivity contribution in [3.8, 4) is 0 Å². The van der Waals surface area contributed by atoms with E-state index in [0.717, 1.165) is 0 Å². The second-order valence-electron chi connectivity index (χ2n) is 2.40. The number of hydrogen-bond acceptors (Lipinski definition) is 6. The first-order valence-corrected chi connectivity index (χ1v) is 4.21. The summed E-state index contributed by atoms with van der Waals surface area (Å²) in [5.41, 5.74) is 0. The van der Waals surface area contributed by atoms with E-state index in [2.05, 4.69) is 9.47 Å². The monoisotopic (exact) mass is 254 g/mol. The molecule has 0 radical (unpaired) electrons. The molecule has 2 N–H and O–H groups in total. The fourth-order valence-corrected chi connectivity index (χ4v) is 0.760. The van der Waals surface area contributed by atoms with E-state index in [-0.39, 0.29) is 0 Å². The summed E-state index contributed by atoms with van der Waals surface area (Å²) in [6.45, 7) is 0. The molecular weight excluding hydrogens is 248 g/mol. The summed E-state index contributed by atoms with van der Waals surface area (Å²) in [6.07, 6.45) is -1.89. The molecule has 0 aliphatic carbocycles. The Morgan fingerprint density at radius 1 is 0.938 bits per heavy atom. The summed E-state index contributed by atoms with van der Waals surface area (Å²) in [5.74, 6) is -7.15. The highest BCUT2D eigenvalue weighted by atomic mass is 35.5. The average Bonchev–Trinajstić information content (AvgIpc) is 1.97. The molecule has 0 aliphatic rings. The maximum absolute atomic E-state index is 10.7. The molecule has 0 fully saturated rings. The number of ether oxygens (including phenoxy) is 2. The van der Waals surface area contributed by atoms with Crippen molar-refractivity contribution in [2.75, 3.05) is 0 Å². The molecule has 0 bridgehead atoms. The highest BCUT2D eigenvalue weighted by Crippen LogP contribution is 2.04. The Hall–Kier alpha value is -1.83. The topological polar surface area (TPSA) is 127 Å². The van der Waals surface area contributed by atoms with Gasteiger partial charge in [-0.05, 0) is 11.6 Å². The molecule has 0 aliphatic heterocycles. The van der Waals surface area contributed by atoms with Gasteiger partial charge in [0.2, 0.25) is 0 Å². The van der Waals surface area contributed by atoms with E-state index in [4.69, 9.17) is 21.8 Å². The van der Waals surface area contributed by atoms with E-state index in [1.807, 2.05) is 0 Å². The van der Waals surface area contributed by atoms with Crippen LogP contribution >= 0.6 is 11.6 Å². The molecule has 9 heteroatoms. The van der Waals surface area contributed by atoms with Crippen LogP contribution in [0, 0.1) is 0 Å². The highest BCUT2D eigenvalue weighted by molar-refractivity contribution is 6.20. The summed E-state index contributed by atoms with van der Waals surface area (Å²) >= 11 is 5.17. The van der Waals surface area contributed by atoms with Crippen molar-refractivity contribution in [2.45, 2.75) is 18.6 Å². The van der Waals surface area contributed by atoms with Crippen LogP contribution in [0.1, 0.15) is 12.8 Å². The number of carbonyl (C=O) groups excluding carboxylic acids is 2. The molecule has 0 rings (SSSR count). The van der Waals surface area contributed by atoms with Gasteiger partial charge in [-0.1, -0.05) is 0 Å². The van der Waals surface area contributed by atoms with Gasteiger partial charge in [-0.2, -0.15) is 0 Å². The summed E-state index contributed by atoms with van der Waals surface area (Å²) in [7, 11) is 0. The zero-order valence-corrected chi connectivity index (χ0v) is 8.47. The molecule has 0 atom stereocenters. The fraction of sp³-hybridized carbons (Fsp3) is 0.429. The first kappa shape index (κ1) is 14.2. The minimum atomic E-state index is -1.85. The molecule has 0 spiro atoms. The zero-order chi connectivity index (χ0) is 12.7. The van der Waals surface area contributed by atoms with E-state index in [9.17, 15) is 19.2 Å². The van der Waals surface area contributed by atoms with Crippen molar-refractivity contribution >= 4 is 35.5 Å². The SMILES string of the molecule is O=C(O)CC(=O)OC(Cl)OC(=O)CC(=O)O. The predicted molar refractivity (Wildman–Crippen MR) is 46.3 cm³/mol. The molecule has 0 aromatic rings. The average molecular weight is 255 g/mol. The Morgan fingerprint density at radius 3 is 1.50 bits per heavy atom. The maximum atomic E-state index is 10.7. The van der Waals surface area contributed by atoms with Gasteiger partial charge in [0.15, 0.2) is 0 Å². The van der Waals surface area contributed by atoms with Crippen LogP contribution in [0.15, 0.2) is 0 Å². The second kappa shape index (κ2) is 6.62. The van der Waals surface area contributed by atoms with E-state index in [1.54, 1.807) is 0 Å². The van der Waals surface area contributed by atoms with Crippen molar-refractivity contribution in [2.24, 2.45) is 0 Å². The Kier molecular flexibility index (Phi) is 5.86. The summed E-state index contributed by atoms with van der Waals surface area (Å²) in [4.78, 5) is 41.4. The van der Waals surface area contributed by atoms with Crippen LogP contribution in [-0.2, 0) is 28.7 Å². The van der Waals surface area contributed by atoms with Gasteiger partial charge in [-0.3, -0.25) is 19.2 Å². The van der Waals surface area contributed by atoms with Gasteiger partial charge in [-0.25, -0.2) is 0 Å². The molecule has 0 saturated heterocycles. The quantitative estimate of drug-likeness (QED) is 0.282. The van der Waals surface area contributed by atoms with Gasteiger partial charge in [0, 0.05) is 0 Å². The summed E-state index contributed by atoms with van der Waals surface area (Å²) in [5, 5.41) is 16.3. The lowest BCUT2D eigenvalue weighted by Crippen LogP contribution is -2.22. The lowest BCUT2D eigenvalue weighted by molar-refractivity contribution is -0.175. The van der Waals surface area contributed by atoms with Crippen molar-refractivity contribution in [3.05, 3.63) is 0 Å². The lowest BCUT2D eigenvalue weighted by Gasteiger charge is -2.10. The lowest BCUT2D eigenvalue weighted by atomic mass is 10.4. The van der Waals surface area contributed by atoms with Crippen molar-refractivity contribution in [1.82, 2.24) is 0 Å². The highest BCUT2D eigenvalue weighted by Gasteiger charge is 2.19. The first-order valence-electron chi connectivity index (χ1n) is 3.78. The van der Waals surface area contributed by atoms with Crippen molar-refractivity contribution in [1.29, 1.82) is 0 Å². The molecule has 0 unspecified atom stereocenters. The van der Waals surface area contributed by atoms with Crippen LogP contribution in [0.2, 0.25) is 0 Å². The van der Waals surface area contributed by atoms with Crippen LogP contribution in [-0.4, -0.2) is 39.8 Å². The Labute approximate surface area is 93.7 Å². The number of alkyl halides is 1. The number of carbonyl (C=O) groups is 4. The van der Waals surface area contributed by atoms with E-state index < -0.39 is 42.5 Å².